The van der Waals surface area contributed by atoms with Gasteiger partial charge in [0.25, 0.3) is 0 Å². The van der Waals surface area contributed by atoms with Gasteiger partial charge in [0, 0.05) is 44.0 Å². The minimum Gasteiger partial charge on any atom is -0.294 e. The third-order valence-corrected chi connectivity index (χ3v) is 4.52. The Morgan fingerprint density at radius 2 is 2.19 bits per heavy atom. The van der Waals surface area contributed by atoms with Crippen LogP contribution in [0.25, 0.3) is 0 Å². The Labute approximate surface area is 134 Å². The number of nitrogens with zero attached hydrogens (tertiary/aromatic N) is 4. The zero-order valence-electron chi connectivity index (χ0n) is 12.1. The van der Waals surface area contributed by atoms with Crippen LogP contribution in [-0.4, -0.2) is 32.7 Å². The van der Waals surface area contributed by atoms with E-state index in [4.69, 9.17) is 11.6 Å². The van der Waals surface area contributed by atoms with Crippen LogP contribution in [0.3, 0.4) is 0 Å². The van der Waals surface area contributed by atoms with Crippen LogP contribution in [0, 0.1) is 6.92 Å². The van der Waals surface area contributed by atoms with E-state index in [1.807, 2.05) is 24.7 Å². The predicted octanol–water partition coefficient (Wildman–Crippen LogP) is 3.11. The van der Waals surface area contributed by atoms with Crippen LogP contribution in [0.15, 0.2) is 23.6 Å². The Bertz CT molecular complexity index is 662. The number of fused-ring (bicyclic) bond motifs is 1. The lowest BCUT2D eigenvalue weighted by molar-refractivity contribution is 0.241. The highest BCUT2D eigenvalue weighted by Crippen LogP contribution is 2.22. The van der Waals surface area contributed by atoms with Gasteiger partial charge in [-0.2, -0.15) is 0 Å². The first-order chi connectivity index (χ1) is 10.2. The molecule has 0 radical (unpaired) electrons. The first-order valence-electron chi connectivity index (χ1n) is 6.88. The molecule has 0 amide bonds. The molecule has 0 aliphatic carbocycles. The Balaban J connectivity index is 1.74. The number of hydrogen-bond acceptors (Lipinski definition) is 5. The van der Waals surface area contributed by atoms with Crippen LogP contribution >= 0.6 is 23.4 Å². The number of pyridine rings is 1. The van der Waals surface area contributed by atoms with Gasteiger partial charge in [0.05, 0.1) is 5.69 Å². The summed E-state index contributed by atoms with van der Waals surface area (Å²) in [6.45, 7) is 4.88. The number of hydrogen-bond donors (Lipinski definition) is 0. The molecule has 0 bridgehead atoms. The standard InChI is InChI=1S/C15H17ClN4S/c1-10-5-14(16)17-6-11(10)8-20-4-3-13-12(9-20)7-18-15(19-13)21-2/h5-7H,3-4,8-9H2,1-2H3. The summed E-state index contributed by atoms with van der Waals surface area (Å²) in [6.07, 6.45) is 6.83. The van der Waals surface area contributed by atoms with Gasteiger partial charge in [-0.25, -0.2) is 15.0 Å². The van der Waals surface area contributed by atoms with E-state index in [9.17, 15) is 0 Å². The molecular formula is C15H17ClN4S. The summed E-state index contributed by atoms with van der Waals surface area (Å²) in [6, 6.07) is 1.92. The Morgan fingerprint density at radius 3 is 2.95 bits per heavy atom. The molecule has 1 aliphatic rings. The maximum absolute atomic E-state index is 5.91. The molecule has 2 aromatic rings. The summed E-state index contributed by atoms with van der Waals surface area (Å²) >= 11 is 7.50. The summed E-state index contributed by atoms with van der Waals surface area (Å²) in [7, 11) is 0. The van der Waals surface area contributed by atoms with Gasteiger partial charge in [-0.05, 0) is 30.4 Å². The number of aryl methyl sites for hydroxylation is 1. The van der Waals surface area contributed by atoms with E-state index in [0.717, 1.165) is 31.2 Å². The highest BCUT2D eigenvalue weighted by atomic mass is 35.5. The highest BCUT2D eigenvalue weighted by Gasteiger charge is 2.19. The lowest BCUT2D eigenvalue weighted by Gasteiger charge is -2.28. The molecule has 3 heterocycles. The van der Waals surface area contributed by atoms with Crippen LogP contribution in [0.4, 0.5) is 0 Å². The Kier molecular flexibility index (Phi) is 4.42. The first-order valence-corrected chi connectivity index (χ1v) is 8.48. The second kappa shape index (κ2) is 6.30. The van der Waals surface area contributed by atoms with Crippen molar-refractivity contribution in [3.8, 4) is 0 Å². The molecule has 4 nitrogen and oxygen atoms in total. The van der Waals surface area contributed by atoms with Crippen molar-refractivity contribution in [2.24, 2.45) is 0 Å². The van der Waals surface area contributed by atoms with Crippen molar-refractivity contribution in [3.63, 3.8) is 0 Å². The molecule has 0 aromatic carbocycles. The summed E-state index contributed by atoms with van der Waals surface area (Å²) in [5.74, 6) is 0. The highest BCUT2D eigenvalue weighted by molar-refractivity contribution is 7.98. The van der Waals surface area contributed by atoms with E-state index in [0.29, 0.717) is 5.15 Å². The zero-order valence-corrected chi connectivity index (χ0v) is 13.7. The SMILES string of the molecule is CSc1ncc2c(n1)CCN(Cc1cnc(Cl)cc1C)C2. The monoisotopic (exact) mass is 320 g/mol. The van der Waals surface area contributed by atoms with Gasteiger partial charge in [-0.15, -0.1) is 0 Å². The molecule has 2 aromatic heterocycles. The van der Waals surface area contributed by atoms with Crippen molar-refractivity contribution in [1.29, 1.82) is 0 Å². The average molecular weight is 321 g/mol. The van der Waals surface area contributed by atoms with Gasteiger partial charge in [0.2, 0.25) is 0 Å². The van der Waals surface area contributed by atoms with Crippen LogP contribution in [0.1, 0.15) is 22.4 Å². The van der Waals surface area contributed by atoms with Crippen LogP contribution < -0.4 is 0 Å². The molecule has 0 fully saturated rings. The van der Waals surface area contributed by atoms with Crippen molar-refractivity contribution in [2.45, 2.75) is 31.6 Å². The average Bonchev–Trinajstić information content (AvgIpc) is 2.49. The summed E-state index contributed by atoms with van der Waals surface area (Å²) < 4.78 is 0. The Hall–Kier alpha value is -1.17. The zero-order chi connectivity index (χ0) is 14.8. The van der Waals surface area contributed by atoms with Crippen LogP contribution in [0.5, 0.6) is 0 Å². The van der Waals surface area contributed by atoms with Gasteiger partial charge in [0.15, 0.2) is 5.16 Å². The summed E-state index contributed by atoms with van der Waals surface area (Å²) in [5, 5.41) is 1.41. The molecule has 0 atom stereocenters. The second-order valence-corrected chi connectivity index (χ2v) is 6.38. The number of halogens is 1. The predicted molar refractivity (Wildman–Crippen MR) is 85.6 cm³/mol. The van der Waals surface area contributed by atoms with E-state index in [-0.39, 0.29) is 0 Å². The number of rotatable bonds is 3. The maximum atomic E-state index is 5.91. The minimum absolute atomic E-state index is 0.554. The fraction of sp³-hybridized carbons (Fsp3) is 0.400. The lowest BCUT2D eigenvalue weighted by Crippen LogP contribution is -2.31. The molecule has 0 unspecified atom stereocenters. The van der Waals surface area contributed by atoms with Gasteiger partial charge in [-0.3, -0.25) is 4.90 Å². The third kappa shape index (κ3) is 3.36. The molecule has 110 valence electrons. The van der Waals surface area contributed by atoms with Crippen molar-refractivity contribution < 1.29 is 0 Å². The first kappa shape index (κ1) is 14.8. The smallest absolute Gasteiger partial charge is 0.187 e. The van der Waals surface area contributed by atoms with Crippen molar-refractivity contribution in [2.75, 3.05) is 12.8 Å². The van der Waals surface area contributed by atoms with Gasteiger partial charge >= 0.3 is 0 Å². The van der Waals surface area contributed by atoms with Crippen molar-refractivity contribution >= 4 is 23.4 Å². The van der Waals surface area contributed by atoms with E-state index >= 15 is 0 Å². The normalized spacial score (nSPS) is 15.0. The number of aromatic nitrogens is 3. The molecule has 0 spiro atoms. The quantitative estimate of drug-likeness (QED) is 0.494. The molecule has 0 saturated carbocycles. The molecule has 6 heteroatoms. The van der Waals surface area contributed by atoms with Gasteiger partial charge < -0.3 is 0 Å². The van der Waals surface area contributed by atoms with Crippen LogP contribution in [-0.2, 0) is 19.5 Å². The van der Waals surface area contributed by atoms with Gasteiger partial charge in [0.1, 0.15) is 5.15 Å². The molecule has 1 aliphatic heterocycles. The molecule has 21 heavy (non-hydrogen) atoms. The van der Waals surface area contributed by atoms with E-state index in [1.165, 1.54) is 22.4 Å². The molecule has 3 rings (SSSR count). The fourth-order valence-corrected chi connectivity index (χ4v) is 3.12. The lowest BCUT2D eigenvalue weighted by atomic mass is 10.1. The second-order valence-electron chi connectivity index (χ2n) is 5.22. The minimum atomic E-state index is 0.554. The van der Waals surface area contributed by atoms with E-state index < -0.39 is 0 Å². The molecule has 0 N–H and O–H groups in total. The topological polar surface area (TPSA) is 41.9 Å². The Morgan fingerprint density at radius 1 is 1.33 bits per heavy atom. The van der Waals surface area contributed by atoms with Crippen molar-refractivity contribution in [3.05, 3.63) is 46.0 Å². The third-order valence-electron chi connectivity index (χ3n) is 3.75. The largest absolute Gasteiger partial charge is 0.294 e. The summed E-state index contributed by atoms with van der Waals surface area (Å²) in [5.41, 5.74) is 4.84. The molecular weight excluding hydrogens is 304 g/mol. The maximum Gasteiger partial charge on any atom is 0.187 e. The summed E-state index contributed by atoms with van der Waals surface area (Å²) in [4.78, 5) is 15.6. The number of thioether (sulfide) groups is 1. The van der Waals surface area contributed by atoms with E-state index in [2.05, 4.69) is 26.8 Å². The van der Waals surface area contributed by atoms with Gasteiger partial charge in [-0.1, -0.05) is 23.4 Å². The van der Waals surface area contributed by atoms with Crippen LogP contribution in [0.2, 0.25) is 5.15 Å². The fourth-order valence-electron chi connectivity index (χ4n) is 2.55. The van der Waals surface area contributed by atoms with Crippen molar-refractivity contribution in [1.82, 2.24) is 19.9 Å². The molecule has 0 saturated heterocycles. The van der Waals surface area contributed by atoms with E-state index in [1.54, 1.807) is 11.8 Å².